The molecule has 0 bridgehead atoms. The highest BCUT2D eigenvalue weighted by Crippen LogP contribution is 2.47. The quantitative estimate of drug-likeness (QED) is 0.0868. The largest absolute Gasteiger partial charge is 0.493 e. The lowest BCUT2D eigenvalue weighted by Crippen LogP contribution is -2.01. The highest BCUT2D eigenvalue weighted by Gasteiger charge is 2.19. The van der Waals surface area contributed by atoms with Crippen LogP contribution >= 0.6 is 0 Å². The van der Waals surface area contributed by atoms with Crippen molar-refractivity contribution in [1.82, 2.24) is 0 Å². The van der Waals surface area contributed by atoms with Crippen molar-refractivity contribution in [2.24, 2.45) is 0 Å². The summed E-state index contributed by atoms with van der Waals surface area (Å²) in [5.74, 6) is 4.36. The van der Waals surface area contributed by atoms with E-state index in [2.05, 4.69) is 57.2 Å². The number of unbranched alkanes of at least 4 members (excludes halogenated alkanes) is 6. The molecule has 0 aromatic heterocycles. The average molecular weight is 577 g/mol. The molecule has 0 aliphatic rings. The van der Waals surface area contributed by atoms with Crippen LogP contribution in [0.15, 0.2) is 36.4 Å². The van der Waals surface area contributed by atoms with Crippen LogP contribution in [-0.2, 0) is 0 Å². The molecule has 0 radical (unpaired) electrons. The molecule has 42 heavy (non-hydrogen) atoms. The third-order valence-corrected chi connectivity index (χ3v) is 7.80. The minimum atomic E-state index is 0.646. The van der Waals surface area contributed by atoms with E-state index in [4.69, 9.17) is 28.4 Å². The second kappa shape index (κ2) is 15.6. The van der Waals surface area contributed by atoms with Gasteiger partial charge in [0, 0.05) is 0 Å². The summed E-state index contributed by atoms with van der Waals surface area (Å²) in [6, 6.07) is 12.6. The Hall–Kier alpha value is -3.54. The fourth-order valence-corrected chi connectivity index (χ4v) is 5.44. The summed E-state index contributed by atoms with van der Waals surface area (Å²) >= 11 is 0. The summed E-state index contributed by atoms with van der Waals surface area (Å²) in [6.45, 7) is 8.52. The molecule has 0 saturated carbocycles. The Morgan fingerprint density at radius 2 is 0.595 bits per heavy atom. The van der Waals surface area contributed by atoms with Crippen molar-refractivity contribution in [3.05, 3.63) is 36.4 Å². The third kappa shape index (κ3) is 7.08. The van der Waals surface area contributed by atoms with Crippen molar-refractivity contribution < 1.29 is 28.4 Å². The molecule has 0 unspecified atom stereocenters. The van der Waals surface area contributed by atoms with Gasteiger partial charge in [0.15, 0.2) is 34.5 Å². The van der Waals surface area contributed by atoms with Gasteiger partial charge in [-0.3, -0.25) is 0 Å². The Morgan fingerprint density at radius 1 is 0.357 bits per heavy atom. The maximum atomic E-state index is 6.28. The highest BCUT2D eigenvalue weighted by atomic mass is 16.5. The van der Waals surface area contributed by atoms with Crippen LogP contribution in [0, 0.1) is 0 Å². The van der Waals surface area contributed by atoms with Crippen molar-refractivity contribution in [3.8, 4) is 34.5 Å². The number of methoxy groups -OCH3 is 3. The van der Waals surface area contributed by atoms with E-state index in [0.717, 1.165) is 107 Å². The fourth-order valence-electron chi connectivity index (χ4n) is 5.44. The smallest absolute Gasteiger partial charge is 0.161 e. The molecule has 6 nitrogen and oxygen atoms in total. The first-order chi connectivity index (χ1) is 20.6. The predicted molar refractivity (Wildman–Crippen MR) is 174 cm³/mol. The van der Waals surface area contributed by atoms with Crippen LogP contribution in [0.5, 0.6) is 34.5 Å². The molecule has 0 aliphatic heterocycles. The van der Waals surface area contributed by atoms with Gasteiger partial charge in [-0.25, -0.2) is 0 Å². The molecule has 0 amide bonds. The van der Waals surface area contributed by atoms with Gasteiger partial charge in [-0.15, -0.1) is 0 Å². The molecular weight excluding hydrogens is 528 g/mol. The van der Waals surface area contributed by atoms with E-state index in [9.17, 15) is 0 Å². The summed E-state index contributed by atoms with van der Waals surface area (Å²) < 4.78 is 36.3. The van der Waals surface area contributed by atoms with E-state index in [1.807, 2.05) is 0 Å². The normalized spacial score (nSPS) is 11.3. The first-order valence-electron chi connectivity index (χ1n) is 15.7. The zero-order valence-corrected chi connectivity index (χ0v) is 26.4. The van der Waals surface area contributed by atoms with Gasteiger partial charge in [0.2, 0.25) is 0 Å². The van der Waals surface area contributed by atoms with Gasteiger partial charge in [0.25, 0.3) is 0 Å². The van der Waals surface area contributed by atoms with Crippen molar-refractivity contribution in [2.45, 2.75) is 78.6 Å². The molecule has 6 heteroatoms. The van der Waals surface area contributed by atoms with Crippen molar-refractivity contribution in [2.75, 3.05) is 41.2 Å². The van der Waals surface area contributed by atoms with Crippen LogP contribution in [0.1, 0.15) is 78.6 Å². The molecule has 0 N–H and O–H groups in total. The fraction of sp³-hybridized carbons (Fsp3) is 0.500. The molecule has 0 aliphatic carbocycles. The molecule has 0 atom stereocenters. The summed E-state index contributed by atoms with van der Waals surface area (Å²) in [4.78, 5) is 0. The van der Waals surface area contributed by atoms with Crippen LogP contribution in [0.25, 0.3) is 32.3 Å². The first kappa shape index (κ1) is 31.4. The summed E-state index contributed by atoms with van der Waals surface area (Å²) in [6.07, 6.45) is 9.82. The van der Waals surface area contributed by atoms with Crippen molar-refractivity contribution in [3.63, 3.8) is 0 Å². The number of hydrogen-bond acceptors (Lipinski definition) is 6. The minimum Gasteiger partial charge on any atom is -0.493 e. The molecule has 4 aromatic rings. The number of fused-ring (bicyclic) bond motifs is 6. The maximum absolute atomic E-state index is 6.28. The topological polar surface area (TPSA) is 55.4 Å². The summed E-state index contributed by atoms with van der Waals surface area (Å²) in [5, 5.41) is 6.32. The number of benzene rings is 4. The Balaban J connectivity index is 1.97. The third-order valence-electron chi connectivity index (χ3n) is 7.80. The van der Waals surface area contributed by atoms with E-state index in [0.29, 0.717) is 37.1 Å². The molecule has 0 spiro atoms. The zero-order chi connectivity index (χ0) is 29.9. The molecule has 228 valence electrons. The predicted octanol–water partition coefficient (Wildman–Crippen LogP) is 9.88. The second-order valence-electron chi connectivity index (χ2n) is 10.8. The molecule has 4 rings (SSSR count). The van der Waals surface area contributed by atoms with Crippen LogP contribution in [-0.4, -0.2) is 41.2 Å². The Kier molecular flexibility index (Phi) is 11.7. The van der Waals surface area contributed by atoms with E-state index in [-0.39, 0.29) is 0 Å². The van der Waals surface area contributed by atoms with Gasteiger partial charge < -0.3 is 28.4 Å². The SMILES string of the molecule is CCCCCOc1cc2c(cc1OC)c1cc(OC)c(OCCCCC)cc1c1cc(OCCCCC)c(OC)cc21. The number of rotatable bonds is 18. The standard InChI is InChI=1S/C36H48O6/c1-7-10-13-16-40-34-22-28-25(19-31(34)37-4)26-20-32(38-5)35(41-17-14-11-8-2)23-29(26)30-24-36(42-18-15-12-9-3)33(39-6)21-27(28)30/h19-24H,7-18H2,1-6H3. The van der Waals surface area contributed by atoms with Crippen molar-refractivity contribution >= 4 is 32.3 Å². The van der Waals surface area contributed by atoms with Gasteiger partial charge in [-0.1, -0.05) is 59.3 Å². The van der Waals surface area contributed by atoms with Crippen LogP contribution in [0.2, 0.25) is 0 Å². The van der Waals surface area contributed by atoms with Gasteiger partial charge in [-0.05, 0) is 88.0 Å². The Morgan fingerprint density at radius 3 is 0.810 bits per heavy atom. The molecule has 0 saturated heterocycles. The lowest BCUT2D eigenvalue weighted by atomic mass is 9.93. The molecule has 0 fully saturated rings. The molecule has 4 aromatic carbocycles. The number of hydrogen-bond donors (Lipinski definition) is 0. The van der Waals surface area contributed by atoms with Gasteiger partial charge in [0.05, 0.1) is 41.2 Å². The van der Waals surface area contributed by atoms with Gasteiger partial charge in [0.1, 0.15) is 0 Å². The first-order valence-corrected chi connectivity index (χ1v) is 15.7. The van der Waals surface area contributed by atoms with E-state index in [1.54, 1.807) is 21.3 Å². The lowest BCUT2D eigenvalue weighted by Gasteiger charge is -2.19. The van der Waals surface area contributed by atoms with Gasteiger partial charge in [-0.2, -0.15) is 0 Å². The van der Waals surface area contributed by atoms with Crippen LogP contribution < -0.4 is 28.4 Å². The minimum absolute atomic E-state index is 0.646. The lowest BCUT2D eigenvalue weighted by molar-refractivity contribution is 0.286. The maximum Gasteiger partial charge on any atom is 0.161 e. The van der Waals surface area contributed by atoms with E-state index in [1.165, 1.54) is 0 Å². The Labute approximate surface area is 251 Å². The van der Waals surface area contributed by atoms with Gasteiger partial charge >= 0.3 is 0 Å². The highest BCUT2D eigenvalue weighted by molar-refractivity contribution is 6.26. The average Bonchev–Trinajstić information content (AvgIpc) is 3.02. The second-order valence-corrected chi connectivity index (χ2v) is 10.8. The molecule has 0 heterocycles. The summed E-state index contributed by atoms with van der Waals surface area (Å²) in [7, 11) is 5.08. The van der Waals surface area contributed by atoms with Crippen molar-refractivity contribution in [1.29, 1.82) is 0 Å². The van der Waals surface area contributed by atoms with Crippen LogP contribution in [0.3, 0.4) is 0 Å². The van der Waals surface area contributed by atoms with E-state index < -0.39 is 0 Å². The zero-order valence-electron chi connectivity index (χ0n) is 26.4. The Bertz CT molecular complexity index is 1460. The monoisotopic (exact) mass is 576 g/mol. The molecular formula is C36H48O6. The van der Waals surface area contributed by atoms with Crippen LogP contribution in [0.4, 0.5) is 0 Å². The number of ether oxygens (including phenoxy) is 6. The van der Waals surface area contributed by atoms with E-state index >= 15 is 0 Å². The summed E-state index contributed by atoms with van der Waals surface area (Å²) in [5.41, 5.74) is 0.